The van der Waals surface area contributed by atoms with Crippen molar-refractivity contribution in [3.63, 3.8) is 0 Å². The maximum atomic E-state index is 5.48. The third kappa shape index (κ3) is 2.38. The molecule has 1 aliphatic rings. The molecule has 0 saturated heterocycles. The largest absolute Gasteiger partial charge is 0.496 e. The lowest BCUT2D eigenvalue weighted by Gasteiger charge is -2.29. The number of rotatable bonds is 3. The Morgan fingerprint density at radius 2 is 1.94 bits per heavy atom. The Bertz CT molecular complexity index is 335. The Kier molecular flexibility index (Phi) is 3.83. The molecule has 0 heterocycles. The van der Waals surface area contributed by atoms with E-state index < -0.39 is 0 Å². The van der Waals surface area contributed by atoms with E-state index in [9.17, 15) is 0 Å². The zero-order chi connectivity index (χ0) is 11.4. The summed E-state index contributed by atoms with van der Waals surface area (Å²) in [6.45, 7) is 0. The van der Waals surface area contributed by atoms with Gasteiger partial charge in [-0.15, -0.1) is 0 Å². The smallest absolute Gasteiger partial charge is 0.122 e. The summed E-state index contributed by atoms with van der Waals surface area (Å²) in [5, 5.41) is 0. The SMILES string of the molecule is COc1ccccc1C1CCCC(OC)C1. The summed E-state index contributed by atoms with van der Waals surface area (Å²) in [5.41, 5.74) is 1.34. The first kappa shape index (κ1) is 11.5. The molecule has 88 valence electrons. The van der Waals surface area contributed by atoms with Crippen molar-refractivity contribution in [2.24, 2.45) is 0 Å². The van der Waals surface area contributed by atoms with Crippen LogP contribution in [-0.4, -0.2) is 20.3 Å². The van der Waals surface area contributed by atoms with Crippen LogP contribution in [0.2, 0.25) is 0 Å². The lowest BCUT2D eigenvalue weighted by atomic mass is 9.82. The molecule has 1 aromatic carbocycles. The number of ether oxygens (including phenoxy) is 2. The summed E-state index contributed by atoms with van der Waals surface area (Å²) >= 11 is 0. The molecule has 2 nitrogen and oxygen atoms in total. The molecule has 0 N–H and O–H groups in total. The van der Waals surface area contributed by atoms with Crippen LogP contribution < -0.4 is 4.74 Å². The highest BCUT2D eigenvalue weighted by atomic mass is 16.5. The van der Waals surface area contributed by atoms with Crippen LogP contribution in [0.25, 0.3) is 0 Å². The van der Waals surface area contributed by atoms with Crippen LogP contribution in [0.4, 0.5) is 0 Å². The second-order valence-electron chi connectivity index (χ2n) is 4.46. The fourth-order valence-electron chi connectivity index (χ4n) is 2.65. The molecule has 2 rings (SSSR count). The number of para-hydroxylation sites is 1. The van der Waals surface area contributed by atoms with E-state index in [2.05, 4.69) is 12.1 Å². The van der Waals surface area contributed by atoms with Crippen molar-refractivity contribution in [2.75, 3.05) is 14.2 Å². The fraction of sp³-hybridized carbons (Fsp3) is 0.571. The monoisotopic (exact) mass is 220 g/mol. The molecule has 1 aromatic rings. The van der Waals surface area contributed by atoms with Gasteiger partial charge in [-0.3, -0.25) is 0 Å². The minimum Gasteiger partial charge on any atom is -0.496 e. The van der Waals surface area contributed by atoms with Crippen molar-refractivity contribution < 1.29 is 9.47 Å². The van der Waals surface area contributed by atoms with Gasteiger partial charge in [0.25, 0.3) is 0 Å². The summed E-state index contributed by atoms with van der Waals surface area (Å²) in [6.07, 6.45) is 5.24. The van der Waals surface area contributed by atoms with E-state index in [-0.39, 0.29) is 0 Å². The average molecular weight is 220 g/mol. The van der Waals surface area contributed by atoms with E-state index >= 15 is 0 Å². The van der Waals surface area contributed by atoms with Gasteiger partial charge in [0.05, 0.1) is 13.2 Å². The van der Waals surface area contributed by atoms with E-state index in [0.717, 1.165) is 12.2 Å². The molecular formula is C14H20O2. The summed E-state index contributed by atoms with van der Waals surface area (Å²) in [5.74, 6) is 1.61. The molecule has 1 fully saturated rings. The van der Waals surface area contributed by atoms with E-state index in [1.165, 1.54) is 24.8 Å². The molecule has 0 aliphatic heterocycles. The third-order valence-electron chi connectivity index (χ3n) is 3.54. The normalized spacial score (nSPS) is 25.4. The Morgan fingerprint density at radius 3 is 2.69 bits per heavy atom. The molecule has 2 unspecified atom stereocenters. The topological polar surface area (TPSA) is 18.5 Å². The highest BCUT2D eigenvalue weighted by molar-refractivity contribution is 5.36. The van der Waals surface area contributed by atoms with Crippen LogP contribution in [0.1, 0.15) is 37.2 Å². The zero-order valence-electron chi connectivity index (χ0n) is 10.1. The van der Waals surface area contributed by atoms with Crippen LogP contribution in [0.15, 0.2) is 24.3 Å². The van der Waals surface area contributed by atoms with Gasteiger partial charge in [0.2, 0.25) is 0 Å². The quantitative estimate of drug-likeness (QED) is 0.777. The third-order valence-corrected chi connectivity index (χ3v) is 3.54. The Morgan fingerprint density at radius 1 is 1.12 bits per heavy atom. The highest BCUT2D eigenvalue weighted by Gasteiger charge is 2.24. The number of methoxy groups -OCH3 is 2. The molecule has 1 saturated carbocycles. The van der Waals surface area contributed by atoms with Crippen molar-refractivity contribution >= 4 is 0 Å². The maximum absolute atomic E-state index is 5.48. The maximum Gasteiger partial charge on any atom is 0.122 e. The van der Waals surface area contributed by atoms with Gasteiger partial charge in [-0.1, -0.05) is 24.6 Å². The van der Waals surface area contributed by atoms with Crippen molar-refractivity contribution in [1.29, 1.82) is 0 Å². The molecule has 2 atom stereocenters. The molecule has 16 heavy (non-hydrogen) atoms. The van der Waals surface area contributed by atoms with Crippen LogP contribution in [0.5, 0.6) is 5.75 Å². The van der Waals surface area contributed by atoms with E-state index in [0.29, 0.717) is 12.0 Å². The van der Waals surface area contributed by atoms with Gasteiger partial charge in [0, 0.05) is 7.11 Å². The predicted octanol–water partition coefficient (Wildman–Crippen LogP) is 3.37. The minimum atomic E-state index is 0.420. The number of hydrogen-bond donors (Lipinski definition) is 0. The second-order valence-corrected chi connectivity index (χ2v) is 4.46. The molecule has 0 aromatic heterocycles. The van der Waals surface area contributed by atoms with Gasteiger partial charge < -0.3 is 9.47 Å². The zero-order valence-corrected chi connectivity index (χ0v) is 10.1. The molecule has 1 aliphatic carbocycles. The highest BCUT2D eigenvalue weighted by Crippen LogP contribution is 2.37. The lowest BCUT2D eigenvalue weighted by Crippen LogP contribution is -2.20. The Hall–Kier alpha value is -1.02. The van der Waals surface area contributed by atoms with Crippen LogP contribution in [0, 0.1) is 0 Å². The van der Waals surface area contributed by atoms with Crippen LogP contribution in [-0.2, 0) is 4.74 Å². The molecule has 2 heteroatoms. The molecule has 0 spiro atoms. The molecule has 0 bridgehead atoms. The molecule has 0 radical (unpaired) electrons. The van der Waals surface area contributed by atoms with Crippen LogP contribution >= 0.6 is 0 Å². The summed E-state index contributed by atoms with van der Waals surface area (Å²) in [6, 6.07) is 8.35. The van der Waals surface area contributed by atoms with Crippen molar-refractivity contribution in [3.05, 3.63) is 29.8 Å². The van der Waals surface area contributed by atoms with Gasteiger partial charge in [0.15, 0.2) is 0 Å². The molecular weight excluding hydrogens is 200 g/mol. The minimum absolute atomic E-state index is 0.420. The van der Waals surface area contributed by atoms with Crippen LogP contribution in [0.3, 0.4) is 0 Å². The summed E-state index contributed by atoms with van der Waals surface area (Å²) < 4.78 is 10.9. The fourth-order valence-corrected chi connectivity index (χ4v) is 2.65. The second kappa shape index (κ2) is 5.35. The molecule has 0 amide bonds. The summed E-state index contributed by atoms with van der Waals surface area (Å²) in [4.78, 5) is 0. The van der Waals surface area contributed by atoms with Crippen molar-refractivity contribution in [2.45, 2.75) is 37.7 Å². The average Bonchev–Trinajstić information content (AvgIpc) is 2.38. The predicted molar refractivity (Wildman–Crippen MR) is 65.0 cm³/mol. The van der Waals surface area contributed by atoms with Crippen molar-refractivity contribution in [3.8, 4) is 5.75 Å². The standard InChI is InChI=1S/C14H20O2/c1-15-12-7-5-6-11(10-12)13-8-3-4-9-14(13)16-2/h3-4,8-9,11-12H,5-7,10H2,1-2H3. The lowest BCUT2D eigenvalue weighted by molar-refractivity contribution is 0.0632. The summed E-state index contributed by atoms with van der Waals surface area (Å²) in [7, 11) is 3.56. The van der Waals surface area contributed by atoms with E-state index in [1.54, 1.807) is 7.11 Å². The Balaban J connectivity index is 2.16. The Labute approximate surface area is 97.6 Å². The van der Waals surface area contributed by atoms with Gasteiger partial charge >= 0.3 is 0 Å². The number of hydrogen-bond acceptors (Lipinski definition) is 2. The van der Waals surface area contributed by atoms with Gasteiger partial charge in [-0.2, -0.15) is 0 Å². The first-order chi connectivity index (χ1) is 7.85. The van der Waals surface area contributed by atoms with Gasteiger partial charge in [0.1, 0.15) is 5.75 Å². The van der Waals surface area contributed by atoms with Gasteiger partial charge in [-0.25, -0.2) is 0 Å². The first-order valence-corrected chi connectivity index (χ1v) is 6.01. The van der Waals surface area contributed by atoms with E-state index in [1.807, 2.05) is 19.2 Å². The first-order valence-electron chi connectivity index (χ1n) is 6.01. The number of benzene rings is 1. The van der Waals surface area contributed by atoms with E-state index in [4.69, 9.17) is 9.47 Å². The van der Waals surface area contributed by atoms with Crippen molar-refractivity contribution in [1.82, 2.24) is 0 Å². The van der Waals surface area contributed by atoms with Gasteiger partial charge in [-0.05, 0) is 36.8 Å².